The van der Waals surface area contributed by atoms with E-state index >= 15 is 0 Å². The first-order chi connectivity index (χ1) is 55.6. The van der Waals surface area contributed by atoms with Gasteiger partial charge in [-0.1, -0.05) is 358 Å². The highest BCUT2D eigenvalue weighted by Crippen LogP contribution is 2.53. The minimum atomic E-state index is -0.343. The van der Waals surface area contributed by atoms with Crippen molar-refractivity contribution in [2.24, 2.45) is 0 Å². The van der Waals surface area contributed by atoms with Gasteiger partial charge in [0.1, 0.15) is 6.07 Å². The second kappa shape index (κ2) is 27.4. The SMILES string of the molecule is N#Cc1c(-c2ccccc2)c(-c2ccccc2)n(-c2cc3c4c(c2)N(c2ccc(-c5ccccc5)cc2)c2cc(-n5c(-c6ccccc6)c6ccccc6c5-c5ccccc5)ccc2B4c2ccc(-n4c(-c5ccccc5)c5ccccc5c4-c4ccccc4)cc2N3c2ccc(-c3ccccc3)cc2)c1-c1ccccc1. The highest BCUT2D eigenvalue weighted by atomic mass is 15.2. The van der Waals surface area contributed by atoms with Crippen LogP contribution in [0.15, 0.2) is 419 Å². The predicted octanol–water partition coefficient (Wildman–Crippen LogP) is 25.3. The van der Waals surface area contributed by atoms with E-state index < -0.39 is 0 Å². The van der Waals surface area contributed by atoms with Crippen molar-refractivity contribution >= 4 is 78.8 Å². The van der Waals surface area contributed by atoms with Crippen LogP contribution in [0.4, 0.5) is 34.1 Å². The summed E-state index contributed by atoms with van der Waals surface area (Å²) in [6.07, 6.45) is 0. The van der Waals surface area contributed by atoms with E-state index in [0.29, 0.717) is 5.56 Å². The Labute approximate surface area is 651 Å². The molecule has 0 aliphatic carbocycles. The Balaban J connectivity index is 0.928. The van der Waals surface area contributed by atoms with Crippen LogP contribution >= 0.6 is 0 Å². The molecule has 0 fully saturated rings. The van der Waals surface area contributed by atoms with E-state index in [1.165, 1.54) is 0 Å². The smallest absolute Gasteiger partial charge is 0.252 e. The van der Waals surface area contributed by atoms with E-state index in [2.05, 4.69) is 448 Å². The van der Waals surface area contributed by atoms with Gasteiger partial charge in [-0.25, -0.2) is 0 Å². The molecule has 112 heavy (non-hydrogen) atoms. The maximum Gasteiger partial charge on any atom is 0.252 e. The second-order valence-corrected chi connectivity index (χ2v) is 28.9. The van der Waals surface area contributed by atoms with E-state index in [1.54, 1.807) is 0 Å². The highest BCUT2D eigenvalue weighted by molar-refractivity contribution is 7.00. The Kier molecular flexibility index (Phi) is 16.0. The molecule has 6 nitrogen and oxygen atoms in total. The average Bonchev–Trinajstić information content (AvgIpc) is 0.845. The molecule has 0 atom stereocenters. The molecule has 0 unspecified atom stereocenters. The van der Waals surface area contributed by atoms with Gasteiger partial charge in [0, 0.05) is 72.6 Å². The Morgan fingerprint density at radius 3 is 0.777 bits per heavy atom. The number of anilines is 6. The van der Waals surface area contributed by atoms with E-state index in [0.717, 1.165) is 190 Å². The van der Waals surface area contributed by atoms with Crippen LogP contribution in [0.3, 0.4) is 0 Å². The lowest BCUT2D eigenvalue weighted by atomic mass is 9.33. The van der Waals surface area contributed by atoms with E-state index in [4.69, 9.17) is 0 Å². The molecule has 19 aromatic rings. The van der Waals surface area contributed by atoms with Crippen molar-refractivity contribution in [2.45, 2.75) is 0 Å². The molecule has 0 spiro atoms. The van der Waals surface area contributed by atoms with Crippen LogP contribution in [-0.4, -0.2) is 20.4 Å². The highest BCUT2D eigenvalue weighted by Gasteiger charge is 2.45. The first kappa shape index (κ1) is 65.3. The summed E-state index contributed by atoms with van der Waals surface area (Å²) in [5.41, 5.74) is 31.8. The summed E-state index contributed by atoms with van der Waals surface area (Å²) >= 11 is 0. The number of hydrogen-bond donors (Lipinski definition) is 0. The van der Waals surface area contributed by atoms with Crippen molar-refractivity contribution in [3.63, 3.8) is 0 Å². The van der Waals surface area contributed by atoms with Crippen LogP contribution in [0.5, 0.6) is 0 Å². The Hall–Kier alpha value is -15.0. The number of hydrogen-bond acceptors (Lipinski definition) is 3. The van der Waals surface area contributed by atoms with Crippen LogP contribution in [0.2, 0.25) is 0 Å². The molecule has 7 heteroatoms. The number of benzene rings is 16. The van der Waals surface area contributed by atoms with Gasteiger partial charge in [-0.15, -0.1) is 0 Å². The van der Waals surface area contributed by atoms with Crippen LogP contribution in [-0.2, 0) is 0 Å². The fourth-order valence-electron chi connectivity index (χ4n) is 17.9. The zero-order chi connectivity index (χ0) is 74.2. The van der Waals surface area contributed by atoms with Gasteiger partial charge in [0.05, 0.1) is 45.4 Å². The molecule has 0 radical (unpaired) electrons. The molecule has 21 rings (SSSR count). The van der Waals surface area contributed by atoms with Crippen molar-refractivity contribution in [2.75, 3.05) is 9.80 Å². The summed E-state index contributed by atoms with van der Waals surface area (Å²) in [5, 5.41) is 16.9. The average molecular weight is 1430 g/mol. The van der Waals surface area contributed by atoms with Gasteiger partial charge >= 0.3 is 0 Å². The summed E-state index contributed by atoms with van der Waals surface area (Å²) < 4.78 is 7.46. The van der Waals surface area contributed by atoms with E-state index in [-0.39, 0.29) is 6.71 Å². The summed E-state index contributed by atoms with van der Waals surface area (Å²) in [4.78, 5) is 5.10. The topological polar surface area (TPSA) is 45.1 Å². The minimum Gasteiger partial charge on any atom is -0.311 e. The normalized spacial score (nSPS) is 12.0. The van der Waals surface area contributed by atoms with Gasteiger partial charge in [-0.3, -0.25) is 0 Å². The quantitative estimate of drug-likeness (QED) is 0.102. The number of fused-ring (bicyclic) bond motifs is 6. The summed E-state index contributed by atoms with van der Waals surface area (Å²) in [7, 11) is 0. The molecule has 0 saturated carbocycles. The molecule has 0 N–H and O–H groups in total. The van der Waals surface area contributed by atoms with Gasteiger partial charge < -0.3 is 23.5 Å². The van der Waals surface area contributed by atoms with Crippen LogP contribution in [0, 0.1) is 11.3 Å². The van der Waals surface area contributed by atoms with Crippen molar-refractivity contribution in [1.29, 1.82) is 5.26 Å². The van der Waals surface area contributed by atoms with E-state index in [9.17, 15) is 5.26 Å². The van der Waals surface area contributed by atoms with Crippen molar-refractivity contribution in [3.05, 3.63) is 424 Å². The number of aromatic nitrogens is 3. The van der Waals surface area contributed by atoms with Gasteiger partial charge in [-0.2, -0.15) is 5.26 Å². The third kappa shape index (κ3) is 10.8. The molecule has 0 amide bonds. The maximum absolute atomic E-state index is 12.2. The third-order valence-electron chi connectivity index (χ3n) is 22.7. The summed E-state index contributed by atoms with van der Waals surface area (Å²) in [6.45, 7) is -0.343. The third-order valence-corrected chi connectivity index (χ3v) is 22.7. The summed E-state index contributed by atoms with van der Waals surface area (Å²) in [5.74, 6) is 0. The van der Waals surface area contributed by atoms with Crippen molar-refractivity contribution in [3.8, 4) is 124 Å². The molecular weight excluding hydrogens is 1360 g/mol. The van der Waals surface area contributed by atoms with Crippen molar-refractivity contribution in [1.82, 2.24) is 13.7 Å². The van der Waals surface area contributed by atoms with Crippen LogP contribution in [0.1, 0.15) is 5.56 Å². The molecule has 2 aliphatic heterocycles. The standard InChI is InChI=1S/C105H69BN6/c107-70-91-98(75-36-14-3-15-37-75)105(81-48-26-9-27-49-81)112(104(91)80-46-24-8-25-47-80)86-68-96-99-97(69-86)109(83-60-56-74(57-61-83)72-34-12-2-13-35-72)95-67-85(111-102(78-42-20-6-21-43-78)89-52-30-31-53-90(89)103(111)79-44-22-7-23-45-79)63-65-93(95)106(99)92-64-62-84(66-94(92)108(96)82-58-54-73(55-59-82)71-32-10-1-11-33-71)110-100(76-38-16-4-17-39-76)87-50-28-29-51-88(87)101(110)77-40-18-5-19-41-77/h1-69H. The Morgan fingerprint density at radius 2 is 0.455 bits per heavy atom. The lowest BCUT2D eigenvalue weighted by Crippen LogP contribution is -2.61. The Bertz CT molecular complexity index is 6340. The lowest BCUT2D eigenvalue weighted by Gasteiger charge is -2.45. The molecule has 16 aromatic carbocycles. The zero-order valence-corrected chi connectivity index (χ0v) is 61.1. The molecular formula is C105H69BN6. The number of nitriles is 1. The largest absolute Gasteiger partial charge is 0.311 e. The molecule has 522 valence electrons. The first-order valence-corrected chi connectivity index (χ1v) is 38.3. The van der Waals surface area contributed by atoms with E-state index in [1.807, 2.05) is 0 Å². The molecule has 0 bridgehead atoms. The van der Waals surface area contributed by atoms with Crippen LogP contribution < -0.4 is 26.2 Å². The second-order valence-electron chi connectivity index (χ2n) is 28.9. The van der Waals surface area contributed by atoms with Crippen LogP contribution in [0.25, 0.3) is 140 Å². The van der Waals surface area contributed by atoms with Crippen molar-refractivity contribution < 1.29 is 0 Å². The summed E-state index contributed by atoms with van der Waals surface area (Å²) in [6, 6.07) is 155. The zero-order valence-electron chi connectivity index (χ0n) is 61.1. The van der Waals surface area contributed by atoms with Gasteiger partial charge in [0.2, 0.25) is 0 Å². The first-order valence-electron chi connectivity index (χ1n) is 38.3. The number of nitrogens with zero attached hydrogens (tertiary/aromatic N) is 6. The fraction of sp³-hybridized carbons (Fsp3) is 0. The lowest BCUT2D eigenvalue weighted by molar-refractivity contribution is 1.08. The maximum atomic E-state index is 12.2. The number of rotatable bonds is 14. The van der Waals surface area contributed by atoms with Gasteiger partial charge in [0.15, 0.2) is 0 Å². The minimum absolute atomic E-state index is 0.343. The van der Waals surface area contributed by atoms with Gasteiger partial charge in [-0.05, 0) is 138 Å². The molecule has 0 saturated heterocycles. The monoisotopic (exact) mass is 1420 g/mol. The van der Waals surface area contributed by atoms with Gasteiger partial charge in [0.25, 0.3) is 6.71 Å². The molecule has 2 aliphatic rings. The Morgan fingerprint density at radius 1 is 0.205 bits per heavy atom. The molecule has 5 heterocycles. The molecule has 3 aromatic heterocycles. The fourth-order valence-corrected chi connectivity index (χ4v) is 17.9. The predicted molar refractivity (Wildman–Crippen MR) is 467 cm³/mol.